The first-order valence-corrected chi connectivity index (χ1v) is 8.64. The van der Waals surface area contributed by atoms with Gasteiger partial charge in [0.1, 0.15) is 6.29 Å². The van der Waals surface area contributed by atoms with Gasteiger partial charge in [0.25, 0.3) is 0 Å². The van der Waals surface area contributed by atoms with Crippen LogP contribution in [0.1, 0.15) is 28.5 Å². The van der Waals surface area contributed by atoms with Gasteiger partial charge >= 0.3 is 0 Å². The minimum Gasteiger partial charge on any atom is -0.493 e. The molecule has 3 aromatic carbocycles. The van der Waals surface area contributed by atoms with Crippen molar-refractivity contribution in [3.63, 3.8) is 0 Å². The number of hydrogen-bond acceptors (Lipinski definition) is 3. The molecule has 0 spiro atoms. The Morgan fingerprint density at radius 2 is 1.38 bits per heavy atom. The lowest BCUT2D eigenvalue weighted by Crippen LogP contribution is -2.12. The summed E-state index contributed by atoms with van der Waals surface area (Å²) in [7, 11) is 3.22. The van der Waals surface area contributed by atoms with Crippen LogP contribution in [0, 0.1) is 0 Å². The third-order valence-corrected chi connectivity index (χ3v) is 5.18. The van der Waals surface area contributed by atoms with Gasteiger partial charge in [0.15, 0.2) is 11.5 Å². The van der Waals surface area contributed by atoms with E-state index in [9.17, 15) is 4.79 Å². The predicted molar refractivity (Wildman–Crippen MR) is 102 cm³/mol. The molecule has 0 heterocycles. The zero-order valence-corrected chi connectivity index (χ0v) is 14.8. The molecule has 0 saturated heterocycles. The second kappa shape index (κ2) is 6.68. The van der Waals surface area contributed by atoms with E-state index in [0.29, 0.717) is 11.5 Å². The van der Waals surface area contributed by atoms with Crippen molar-refractivity contribution in [1.29, 1.82) is 0 Å². The molecule has 0 N–H and O–H groups in total. The summed E-state index contributed by atoms with van der Waals surface area (Å²) in [6.45, 7) is 0. The predicted octanol–water partition coefficient (Wildman–Crippen LogP) is 4.80. The van der Waals surface area contributed by atoms with E-state index in [0.717, 1.165) is 11.8 Å². The number of carbonyl (C=O) groups is 1. The summed E-state index contributed by atoms with van der Waals surface area (Å²) in [5, 5.41) is 0. The zero-order valence-electron chi connectivity index (χ0n) is 14.8. The molecule has 1 aliphatic carbocycles. The summed E-state index contributed by atoms with van der Waals surface area (Å²) >= 11 is 0. The Balaban J connectivity index is 1.86. The normalized spacial score (nSPS) is 13.6. The number of benzene rings is 3. The first-order chi connectivity index (χ1) is 12.8. The quantitative estimate of drug-likeness (QED) is 0.624. The molecular formula is C23H20O3. The Morgan fingerprint density at radius 1 is 0.808 bits per heavy atom. The minimum absolute atomic E-state index is 0.00185. The summed E-state index contributed by atoms with van der Waals surface area (Å²) in [6.07, 6.45) is 1.05. The third kappa shape index (κ3) is 2.48. The van der Waals surface area contributed by atoms with E-state index in [1.807, 2.05) is 42.5 Å². The molecule has 0 aromatic heterocycles. The van der Waals surface area contributed by atoms with Crippen LogP contribution < -0.4 is 9.47 Å². The van der Waals surface area contributed by atoms with Crippen molar-refractivity contribution in [2.75, 3.05) is 14.2 Å². The molecule has 1 aliphatic rings. The topological polar surface area (TPSA) is 35.5 Å². The van der Waals surface area contributed by atoms with Crippen LogP contribution in [-0.4, -0.2) is 20.5 Å². The van der Waals surface area contributed by atoms with Gasteiger partial charge in [-0.15, -0.1) is 0 Å². The fraction of sp³-hybridized carbons (Fsp3) is 0.174. The van der Waals surface area contributed by atoms with Crippen LogP contribution in [0.2, 0.25) is 0 Å². The number of ether oxygens (including phenoxy) is 2. The summed E-state index contributed by atoms with van der Waals surface area (Å²) in [6, 6.07) is 22.4. The summed E-state index contributed by atoms with van der Waals surface area (Å²) < 4.78 is 10.8. The molecule has 0 saturated carbocycles. The molecule has 3 heteroatoms. The van der Waals surface area contributed by atoms with E-state index in [4.69, 9.17) is 9.47 Å². The molecule has 0 aliphatic heterocycles. The fourth-order valence-electron chi connectivity index (χ4n) is 3.99. The van der Waals surface area contributed by atoms with Gasteiger partial charge in [0.2, 0.25) is 0 Å². The molecule has 0 amide bonds. The highest BCUT2D eigenvalue weighted by molar-refractivity contribution is 5.82. The second-order valence-electron chi connectivity index (χ2n) is 6.43. The molecular weight excluding hydrogens is 324 g/mol. The number of hydrogen-bond donors (Lipinski definition) is 0. The molecule has 26 heavy (non-hydrogen) atoms. The van der Waals surface area contributed by atoms with Crippen molar-refractivity contribution in [2.45, 2.75) is 11.8 Å². The average Bonchev–Trinajstić information content (AvgIpc) is 3.03. The van der Waals surface area contributed by atoms with Gasteiger partial charge in [-0.3, -0.25) is 0 Å². The molecule has 3 nitrogen and oxygen atoms in total. The number of carbonyl (C=O) groups excluding carboxylic acids is 1. The number of methoxy groups -OCH3 is 2. The van der Waals surface area contributed by atoms with Gasteiger partial charge in [-0.1, -0.05) is 54.6 Å². The monoisotopic (exact) mass is 344 g/mol. The third-order valence-electron chi connectivity index (χ3n) is 5.18. The van der Waals surface area contributed by atoms with Crippen LogP contribution >= 0.6 is 0 Å². The summed E-state index contributed by atoms with van der Waals surface area (Å²) in [5.41, 5.74) is 5.73. The van der Waals surface area contributed by atoms with Crippen LogP contribution in [0.3, 0.4) is 0 Å². The minimum atomic E-state index is -0.292. The van der Waals surface area contributed by atoms with E-state index < -0.39 is 0 Å². The van der Waals surface area contributed by atoms with Gasteiger partial charge in [0.05, 0.1) is 20.1 Å². The van der Waals surface area contributed by atoms with E-state index in [-0.39, 0.29) is 11.8 Å². The maximum atomic E-state index is 12.2. The van der Waals surface area contributed by atoms with E-state index >= 15 is 0 Å². The van der Waals surface area contributed by atoms with Gasteiger partial charge in [-0.05, 0) is 39.9 Å². The maximum Gasteiger partial charge on any atom is 0.161 e. The van der Waals surface area contributed by atoms with Crippen LogP contribution in [-0.2, 0) is 4.79 Å². The van der Waals surface area contributed by atoms with Crippen molar-refractivity contribution in [3.05, 3.63) is 83.4 Å². The first kappa shape index (κ1) is 16.4. The van der Waals surface area contributed by atoms with Crippen molar-refractivity contribution in [3.8, 4) is 22.6 Å². The Kier molecular flexibility index (Phi) is 4.21. The lowest BCUT2D eigenvalue weighted by Gasteiger charge is -2.22. The molecule has 130 valence electrons. The standard InChI is InChI=1S/C23H20O3/c1-25-21-12-11-15(13-22(21)26-2)20(14-24)23-18-9-5-3-7-16(18)17-8-4-6-10-19(17)23/h3-14,20,23H,1-2H3. The number of aldehydes is 1. The van der Waals surface area contributed by atoms with Crippen LogP contribution in [0.4, 0.5) is 0 Å². The highest BCUT2D eigenvalue weighted by Crippen LogP contribution is 2.50. The van der Waals surface area contributed by atoms with Crippen molar-refractivity contribution < 1.29 is 14.3 Å². The maximum absolute atomic E-state index is 12.2. The Hall–Kier alpha value is -3.07. The van der Waals surface area contributed by atoms with E-state index in [1.165, 1.54) is 22.3 Å². The van der Waals surface area contributed by atoms with Crippen molar-refractivity contribution in [1.82, 2.24) is 0 Å². The smallest absolute Gasteiger partial charge is 0.161 e. The largest absolute Gasteiger partial charge is 0.493 e. The Bertz CT molecular complexity index is 916. The van der Waals surface area contributed by atoms with E-state index in [2.05, 4.69) is 24.3 Å². The summed E-state index contributed by atoms with van der Waals surface area (Å²) in [4.78, 5) is 12.2. The van der Waals surface area contributed by atoms with Crippen LogP contribution in [0.15, 0.2) is 66.7 Å². The number of fused-ring (bicyclic) bond motifs is 3. The number of rotatable bonds is 5. The van der Waals surface area contributed by atoms with Crippen molar-refractivity contribution in [2.24, 2.45) is 0 Å². The molecule has 4 rings (SSSR count). The molecule has 3 aromatic rings. The fourth-order valence-corrected chi connectivity index (χ4v) is 3.99. The molecule has 0 radical (unpaired) electrons. The average molecular weight is 344 g/mol. The second-order valence-corrected chi connectivity index (χ2v) is 6.43. The Labute approximate surface area is 153 Å². The van der Waals surface area contributed by atoms with Crippen LogP contribution in [0.25, 0.3) is 11.1 Å². The lowest BCUT2D eigenvalue weighted by atomic mass is 9.80. The van der Waals surface area contributed by atoms with Crippen LogP contribution in [0.5, 0.6) is 11.5 Å². The molecule has 1 atom stereocenters. The summed E-state index contributed by atoms with van der Waals surface area (Å²) in [5.74, 6) is 1.00. The highest BCUT2D eigenvalue weighted by Gasteiger charge is 2.35. The van der Waals surface area contributed by atoms with Gasteiger partial charge in [0, 0.05) is 5.92 Å². The van der Waals surface area contributed by atoms with Gasteiger partial charge in [-0.2, -0.15) is 0 Å². The SMILES string of the molecule is COc1ccc(C(C=O)C2c3ccccc3-c3ccccc32)cc1OC. The first-order valence-electron chi connectivity index (χ1n) is 8.64. The van der Waals surface area contributed by atoms with Gasteiger partial charge in [-0.25, -0.2) is 0 Å². The molecule has 0 fully saturated rings. The van der Waals surface area contributed by atoms with Crippen molar-refractivity contribution >= 4 is 6.29 Å². The van der Waals surface area contributed by atoms with E-state index in [1.54, 1.807) is 14.2 Å². The Morgan fingerprint density at radius 3 is 1.92 bits per heavy atom. The molecule has 1 unspecified atom stereocenters. The lowest BCUT2D eigenvalue weighted by molar-refractivity contribution is -0.109. The van der Waals surface area contributed by atoms with Gasteiger partial charge < -0.3 is 14.3 Å². The highest BCUT2D eigenvalue weighted by atomic mass is 16.5. The zero-order chi connectivity index (χ0) is 18.1. The molecule has 0 bridgehead atoms.